The quantitative estimate of drug-likeness (QED) is 0.373. The zero-order valence-electron chi connectivity index (χ0n) is 16.4. The molecule has 13 heteroatoms. The number of pyridine rings is 2. The van der Waals surface area contributed by atoms with E-state index in [0.717, 1.165) is 39.5 Å². The van der Waals surface area contributed by atoms with E-state index in [1.54, 1.807) is 23.4 Å². The van der Waals surface area contributed by atoms with Gasteiger partial charge in [0.2, 0.25) is 11.8 Å². The van der Waals surface area contributed by atoms with E-state index in [9.17, 15) is 9.59 Å². The average Bonchev–Trinajstić information content (AvgIpc) is 3.04. The van der Waals surface area contributed by atoms with Crippen molar-refractivity contribution in [3.63, 3.8) is 0 Å². The van der Waals surface area contributed by atoms with Crippen LogP contribution < -0.4 is 39.8 Å². The molecule has 2 aromatic heterocycles. The molecule has 1 aliphatic rings. The summed E-state index contributed by atoms with van der Waals surface area (Å²) in [6, 6.07) is 7.30. The normalized spacial score (nSPS) is 15.7. The zero-order chi connectivity index (χ0) is 21.4. The fraction of sp³-hybridized carbons (Fsp3) is 0.333. The van der Waals surface area contributed by atoms with Crippen molar-refractivity contribution in [3.05, 3.63) is 45.6 Å². The first-order valence-electron chi connectivity index (χ1n) is 8.51. The van der Waals surface area contributed by atoms with E-state index in [1.807, 2.05) is 18.2 Å². The molecule has 1 aliphatic heterocycles. The van der Waals surface area contributed by atoms with Crippen LogP contribution in [0.3, 0.4) is 0 Å². The number of carbonyl (C=O) groups is 2. The van der Waals surface area contributed by atoms with Gasteiger partial charge in [0.1, 0.15) is 11.6 Å². The van der Waals surface area contributed by atoms with Crippen LogP contribution in [0, 0.1) is 0 Å². The molecule has 3 heterocycles. The fourth-order valence-corrected chi connectivity index (χ4v) is 4.62. The smallest absolute Gasteiger partial charge is 0.870 e. The van der Waals surface area contributed by atoms with Gasteiger partial charge < -0.3 is 10.8 Å². The molecule has 0 saturated carbocycles. The Morgan fingerprint density at radius 2 is 1.77 bits per heavy atom. The molecule has 2 amide bonds. The van der Waals surface area contributed by atoms with Crippen molar-refractivity contribution in [2.45, 2.75) is 22.5 Å². The van der Waals surface area contributed by atoms with Crippen molar-refractivity contribution in [2.75, 3.05) is 22.1 Å². The summed E-state index contributed by atoms with van der Waals surface area (Å²) in [6.45, 7) is 0.739. The summed E-state index contributed by atoms with van der Waals surface area (Å²) in [6.07, 6.45) is 4.92. The third kappa shape index (κ3) is 10.6. The predicted octanol–water partition coefficient (Wildman–Crippen LogP) is 2.50. The summed E-state index contributed by atoms with van der Waals surface area (Å²) in [4.78, 5) is 32.9. The van der Waals surface area contributed by atoms with Crippen LogP contribution in [0.2, 0.25) is 0 Å². The van der Waals surface area contributed by atoms with Gasteiger partial charge in [0.15, 0.2) is 0 Å². The summed E-state index contributed by atoms with van der Waals surface area (Å²) in [7, 11) is 0. The maximum Gasteiger partial charge on any atom is 1.00 e. The summed E-state index contributed by atoms with van der Waals surface area (Å²) in [5, 5.41) is 3.50. The van der Waals surface area contributed by atoms with Crippen LogP contribution in [0.15, 0.2) is 45.6 Å². The minimum absolute atomic E-state index is 0. The third-order valence-corrected chi connectivity index (χ3v) is 6.87. The van der Waals surface area contributed by atoms with Gasteiger partial charge in [0.25, 0.3) is 0 Å². The van der Waals surface area contributed by atoms with Crippen LogP contribution in [0.4, 0.5) is 11.6 Å². The van der Waals surface area contributed by atoms with E-state index in [0.29, 0.717) is 5.82 Å². The second-order valence-corrected chi connectivity index (χ2v) is 10.7. The number of hydrogen-bond acceptors (Lipinski definition) is 5. The number of rotatable bonds is 5. The van der Waals surface area contributed by atoms with Gasteiger partial charge in [-0.05, 0) is 69.0 Å². The van der Waals surface area contributed by atoms with Crippen molar-refractivity contribution in [1.82, 2.24) is 9.97 Å². The van der Waals surface area contributed by atoms with Gasteiger partial charge in [-0.2, -0.15) is 0 Å². The van der Waals surface area contributed by atoms with Crippen molar-refractivity contribution < 1.29 is 44.6 Å². The van der Waals surface area contributed by atoms with E-state index in [1.165, 1.54) is 0 Å². The van der Waals surface area contributed by atoms with Gasteiger partial charge in [-0.15, -0.1) is 0 Å². The summed E-state index contributed by atoms with van der Waals surface area (Å²) in [5.41, 5.74) is 0. The van der Waals surface area contributed by atoms with Gasteiger partial charge in [-0.25, -0.2) is 9.97 Å². The van der Waals surface area contributed by atoms with E-state index in [2.05, 4.69) is 94.9 Å². The number of carbonyl (C=O) groups excluding carboxylic acids is 2. The Morgan fingerprint density at radius 1 is 1.16 bits per heavy atom. The summed E-state index contributed by atoms with van der Waals surface area (Å²) >= 11 is 16.5. The van der Waals surface area contributed by atoms with E-state index in [-0.39, 0.29) is 56.5 Å². The molecule has 1 fully saturated rings. The molecule has 3 rings (SSSR count). The van der Waals surface area contributed by atoms with Crippen LogP contribution in [-0.2, 0) is 9.59 Å². The Labute approximate surface area is 245 Å². The zero-order valence-corrected chi connectivity index (χ0v) is 26.4. The van der Waals surface area contributed by atoms with E-state index >= 15 is 0 Å². The van der Waals surface area contributed by atoms with E-state index < -0.39 is 0 Å². The Hall–Kier alpha value is 0.600. The third-order valence-electron chi connectivity index (χ3n) is 3.75. The maximum atomic E-state index is 11.6. The Kier molecular flexibility index (Phi) is 16.6. The standard InChI is InChI=1S/C9H9Br3N2O.C9H8Br2N2O.Na.H2O/c10-4-3-7(12)9(15)14-8-2-1-6(11)5-13-8;10-6-1-2-8(12-5-6)13-4-3-7(11)9(13)14;;/h1-2,5,7H,3-4H2,(H,13,14,15);1-2,5,7H,3-4H2;;1H2/q;;+1;/p-1. The number of alkyl halides is 3. The number of hydrogen-bond donors (Lipinski definition) is 1. The van der Waals surface area contributed by atoms with Crippen molar-refractivity contribution >= 4 is 103 Å². The van der Waals surface area contributed by atoms with E-state index in [4.69, 9.17) is 0 Å². The molecule has 0 aromatic carbocycles. The minimum Gasteiger partial charge on any atom is -0.870 e. The van der Waals surface area contributed by atoms with Crippen LogP contribution >= 0.6 is 79.6 Å². The second-order valence-electron chi connectivity index (χ2n) is 5.88. The predicted molar refractivity (Wildman–Crippen MR) is 135 cm³/mol. The minimum atomic E-state index is -0.192. The molecule has 0 spiro atoms. The van der Waals surface area contributed by atoms with Gasteiger partial charge in [-0.1, -0.05) is 47.8 Å². The number of halogens is 5. The number of anilines is 2. The average molecular weight is 761 g/mol. The van der Waals surface area contributed by atoms with Gasteiger partial charge >= 0.3 is 29.6 Å². The molecule has 1 saturated heterocycles. The van der Waals surface area contributed by atoms with Crippen LogP contribution in [0.1, 0.15) is 12.8 Å². The first-order chi connectivity index (χ1) is 13.8. The summed E-state index contributed by atoms with van der Waals surface area (Å²) < 4.78 is 1.81. The molecule has 2 atom stereocenters. The monoisotopic (exact) mass is 756 g/mol. The molecule has 0 aliphatic carbocycles. The molecule has 2 unspecified atom stereocenters. The maximum absolute atomic E-state index is 11.6. The molecule has 31 heavy (non-hydrogen) atoms. The summed E-state index contributed by atoms with van der Waals surface area (Å²) in [5.74, 6) is 1.30. The molecule has 0 radical (unpaired) electrons. The van der Waals surface area contributed by atoms with Crippen molar-refractivity contribution in [1.29, 1.82) is 0 Å². The number of nitrogens with zero attached hydrogens (tertiary/aromatic N) is 3. The molecular weight excluding hydrogens is 743 g/mol. The first kappa shape index (κ1) is 31.6. The van der Waals surface area contributed by atoms with Gasteiger partial charge in [0.05, 0.1) is 9.65 Å². The van der Waals surface area contributed by atoms with Gasteiger partial charge in [0, 0.05) is 33.2 Å². The Bertz CT molecular complexity index is 830. The number of nitrogens with one attached hydrogen (secondary N) is 1. The fourth-order valence-electron chi connectivity index (χ4n) is 2.28. The molecule has 2 N–H and O–H groups in total. The van der Waals surface area contributed by atoms with Gasteiger partial charge in [-0.3, -0.25) is 14.5 Å². The molecule has 7 nitrogen and oxygen atoms in total. The first-order valence-corrected chi connectivity index (χ1v) is 13.0. The second kappa shape index (κ2) is 16.3. The molecular formula is C18H18Br5N4NaO3. The molecule has 164 valence electrons. The van der Waals surface area contributed by atoms with Crippen molar-refractivity contribution in [3.8, 4) is 0 Å². The Balaban J connectivity index is 0.000000546. The van der Waals surface area contributed by atoms with Crippen molar-refractivity contribution in [2.24, 2.45) is 0 Å². The molecule has 0 bridgehead atoms. The molecule has 2 aromatic rings. The number of aromatic nitrogens is 2. The van der Waals surface area contributed by atoms with Crippen LogP contribution in [0.25, 0.3) is 0 Å². The largest absolute Gasteiger partial charge is 1.00 e. The topological polar surface area (TPSA) is 105 Å². The van der Waals surface area contributed by atoms with Crippen LogP contribution in [-0.4, -0.2) is 48.8 Å². The Morgan fingerprint density at radius 3 is 2.23 bits per heavy atom. The SMILES string of the molecule is O=C(Nc1ccc(Br)cn1)C(Br)CCBr.O=C1C(Br)CCN1c1ccc(Br)cn1.[Na+].[OH-]. The number of amides is 2. The van der Waals surface area contributed by atoms with Crippen LogP contribution in [0.5, 0.6) is 0 Å².